The molecule has 1 unspecified atom stereocenters. The maximum atomic E-state index is 13.5. The van der Waals surface area contributed by atoms with Crippen molar-refractivity contribution < 1.29 is 19.4 Å². The molecule has 0 aromatic heterocycles. The van der Waals surface area contributed by atoms with Gasteiger partial charge in [-0.1, -0.05) is 31.2 Å². The van der Waals surface area contributed by atoms with Gasteiger partial charge in [0.1, 0.15) is 5.75 Å². The monoisotopic (exact) mass is 378 g/mol. The Labute approximate surface area is 162 Å². The van der Waals surface area contributed by atoms with Gasteiger partial charge in [-0.05, 0) is 42.4 Å². The summed E-state index contributed by atoms with van der Waals surface area (Å²) < 4.78 is 6.03. The van der Waals surface area contributed by atoms with Gasteiger partial charge in [-0.25, -0.2) is 0 Å². The van der Waals surface area contributed by atoms with Crippen LogP contribution in [0.5, 0.6) is 5.75 Å². The predicted molar refractivity (Wildman–Crippen MR) is 103 cm³/mol. The van der Waals surface area contributed by atoms with Crippen molar-refractivity contribution in [2.24, 2.45) is 5.92 Å². The van der Waals surface area contributed by atoms with Crippen LogP contribution in [0.1, 0.15) is 59.7 Å². The molecule has 3 aliphatic rings. The predicted octanol–water partition coefficient (Wildman–Crippen LogP) is 2.55. The number of aliphatic hydroxyl groups is 1. The van der Waals surface area contributed by atoms with E-state index in [1.165, 1.54) is 19.8 Å². The minimum atomic E-state index is -2.04. The second kappa shape index (κ2) is 5.35. The summed E-state index contributed by atoms with van der Waals surface area (Å²) in [7, 11) is 0. The van der Waals surface area contributed by atoms with Crippen molar-refractivity contribution in [3.05, 3.63) is 58.7 Å². The van der Waals surface area contributed by atoms with Gasteiger partial charge >= 0.3 is 0 Å². The fraction of sp³-hybridized carbons (Fsp3) is 0.364. The molecule has 4 N–H and O–H groups in total. The number of benzene rings is 2. The Balaban J connectivity index is 1.73. The number of ether oxygens (including phenoxy) is 1. The highest BCUT2D eigenvalue weighted by Gasteiger charge is 2.72. The van der Waals surface area contributed by atoms with E-state index in [1.54, 1.807) is 24.3 Å². The lowest BCUT2D eigenvalue weighted by molar-refractivity contribution is -0.175. The third-order valence-electron chi connectivity index (χ3n) is 6.42. The number of amides is 1. The zero-order chi connectivity index (χ0) is 19.8. The highest BCUT2D eigenvalue weighted by Crippen LogP contribution is 2.59. The maximum Gasteiger partial charge on any atom is 0.271 e. The van der Waals surface area contributed by atoms with Crippen LogP contribution in [0.4, 0.5) is 5.69 Å². The summed E-state index contributed by atoms with van der Waals surface area (Å²) in [6.07, 6.45) is 2.42. The number of rotatable bonds is 3. The molecule has 0 saturated heterocycles. The molecule has 28 heavy (non-hydrogen) atoms. The van der Waals surface area contributed by atoms with E-state index in [-0.39, 0.29) is 16.8 Å². The van der Waals surface area contributed by atoms with Gasteiger partial charge in [-0.2, -0.15) is 0 Å². The molecule has 144 valence electrons. The van der Waals surface area contributed by atoms with Crippen molar-refractivity contribution in [3.8, 4) is 5.75 Å². The molecule has 1 aliphatic heterocycles. The van der Waals surface area contributed by atoms with E-state index in [0.29, 0.717) is 23.1 Å². The van der Waals surface area contributed by atoms with Gasteiger partial charge in [0.25, 0.3) is 5.79 Å². The van der Waals surface area contributed by atoms with Crippen molar-refractivity contribution in [2.45, 2.75) is 43.9 Å². The molecule has 6 nitrogen and oxygen atoms in total. The van der Waals surface area contributed by atoms with Crippen LogP contribution in [0.2, 0.25) is 0 Å². The number of carbonyl (C=O) groups is 2. The number of nitrogens with two attached hydrogens (primary N) is 1. The summed E-state index contributed by atoms with van der Waals surface area (Å²) in [6.45, 7) is 3.49. The average molecular weight is 378 g/mol. The maximum absolute atomic E-state index is 13.5. The lowest BCUT2D eigenvalue weighted by Gasteiger charge is -2.34. The topological polar surface area (TPSA) is 102 Å². The average Bonchev–Trinajstić information content (AvgIpc) is 3.43. The van der Waals surface area contributed by atoms with Crippen LogP contribution in [-0.2, 0) is 16.1 Å². The number of Topliss-reactive ketones (excluding diaryl/α,β-unsaturated/α-hetero) is 1. The highest BCUT2D eigenvalue weighted by atomic mass is 16.6. The molecular formula is C22H22N2O4. The van der Waals surface area contributed by atoms with Gasteiger partial charge in [0.2, 0.25) is 17.2 Å². The van der Waals surface area contributed by atoms with E-state index >= 15 is 0 Å². The zero-order valence-corrected chi connectivity index (χ0v) is 15.8. The van der Waals surface area contributed by atoms with E-state index < -0.39 is 23.0 Å². The van der Waals surface area contributed by atoms with Crippen molar-refractivity contribution in [2.75, 3.05) is 5.73 Å². The number of nitrogen functional groups attached to an aromatic ring is 1. The first-order chi connectivity index (χ1) is 13.3. The molecular weight excluding hydrogens is 356 g/mol. The summed E-state index contributed by atoms with van der Waals surface area (Å²) in [5, 5.41) is 14.3. The minimum Gasteiger partial charge on any atom is -0.454 e. The third kappa shape index (κ3) is 1.96. The van der Waals surface area contributed by atoms with Crippen LogP contribution >= 0.6 is 0 Å². The first-order valence-corrected chi connectivity index (χ1v) is 9.58. The molecule has 1 fully saturated rings. The SMILES string of the molecule is CC(=O)N[C@]12C(=O)c3c(N)cccc3[C@@]1(O)Oc1cc(C(C)C3CC3)ccc12. The normalized spacial score (nSPS) is 28.2. The fourth-order valence-corrected chi connectivity index (χ4v) is 4.80. The number of hydrogen-bond donors (Lipinski definition) is 3. The standard InChI is InChI=1S/C22H22N2O4/c1-11(13-6-7-13)14-8-9-15-18(10-14)28-22(27)16-4-3-5-17(23)19(16)20(26)21(15,22)24-12(2)25/h3-5,8-11,13,27H,6-7,23H2,1-2H3,(H,24,25)/t11?,21-,22-/m1/s1. The van der Waals surface area contributed by atoms with Crippen LogP contribution in [0.25, 0.3) is 0 Å². The molecule has 0 spiro atoms. The Morgan fingerprint density at radius 1 is 1.29 bits per heavy atom. The number of fused-ring (bicyclic) bond motifs is 5. The van der Waals surface area contributed by atoms with Crippen LogP contribution < -0.4 is 15.8 Å². The largest absolute Gasteiger partial charge is 0.454 e. The third-order valence-corrected chi connectivity index (χ3v) is 6.42. The smallest absolute Gasteiger partial charge is 0.271 e. The van der Waals surface area contributed by atoms with E-state index in [9.17, 15) is 14.7 Å². The van der Waals surface area contributed by atoms with Gasteiger partial charge in [-0.15, -0.1) is 0 Å². The molecule has 1 heterocycles. The molecule has 0 radical (unpaired) electrons. The molecule has 5 rings (SSSR count). The summed E-state index contributed by atoms with van der Waals surface area (Å²) >= 11 is 0. The molecule has 1 saturated carbocycles. The molecule has 6 heteroatoms. The van der Waals surface area contributed by atoms with Gasteiger partial charge in [-0.3, -0.25) is 9.59 Å². The summed E-state index contributed by atoms with van der Waals surface area (Å²) in [5.41, 5.74) is 6.57. The molecule has 2 aromatic carbocycles. The van der Waals surface area contributed by atoms with Crippen molar-refractivity contribution >= 4 is 17.4 Å². The van der Waals surface area contributed by atoms with Gasteiger partial charge in [0.05, 0.1) is 5.56 Å². The molecule has 2 aromatic rings. The Morgan fingerprint density at radius 3 is 2.71 bits per heavy atom. The van der Waals surface area contributed by atoms with Gasteiger partial charge < -0.3 is 20.9 Å². The lowest BCUT2D eigenvalue weighted by atomic mass is 9.82. The number of carbonyl (C=O) groups excluding carboxylic acids is 2. The first kappa shape index (κ1) is 17.3. The summed E-state index contributed by atoms with van der Waals surface area (Å²) in [6, 6.07) is 10.5. The second-order valence-electron chi connectivity index (χ2n) is 8.16. The van der Waals surface area contributed by atoms with Gasteiger partial charge in [0, 0.05) is 23.7 Å². The second-order valence-corrected chi connectivity index (χ2v) is 8.16. The van der Waals surface area contributed by atoms with E-state index in [0.717, 1.165) is 5.56 Å². The van der Waals surface area contributed by atoms with Crippen molar-refractivity contribution in [1.82, 2.24) is 5.32 Å². The molecule has 3 atom stereocenters. The van der Waals surface area contributed by atoms with Crippen molar-refractivity contribution in [3.63, 3.8) is 0 Å². The number of anilines is 1. The Hall–Kier alpha value is -2.86. The zero-order valence-electron chi connectivity index (χ0n) is 15.8. The quantitative estimate of drug-likeness (QED) is 0.713. The highest BCUT2D eigenvalue weighted by molar-refractivity contribution is 6.15. The number of nitrogens with one attached hydrogen (secondary N) is 1. The molecule has 0 bridgehead atoms. The van der Waals surface area contributed by atoms with Crippen LogP contribution in [0.15, 0.2) is 36.4 Å². The van der Waals surface area contributed by atoms with E-state index in [1.807, 2.05) is 12.1 Å². The lowest BCUT2D eigenvalue weighted by Crippen LogP contribution is -2.59. The van der Waals surface area contributed by atoms with Crippen LogP contribution in [-0.4, -0.2) is 16.8 Å². The Morgan fingerprint density at radius 2 is 2.04 bits per heavy atom. The summed E-state index contributed by atoms with van der Waals surface area (Å²) in [4.78, 5) is 25.6. The first-order valence-electron chi connectivity index (χ1n) is 9.58. The molecule has 2 aliphatic carbocycles. The number of hydrogen-bond acceptors (Lipinski definition) is 5. The Kier molecular flexibility index (Phi) is 3.30. The van der Waals surface area contributed by atoms with Crippen LogP contribution in [0.3, 0.4) is 0 Å². The van der Waals surface area contributed by atoms with Crippen LogP contribution in [0, 0.1) is 5.92 Å². The Bertz CT molecular complexity index is 1040. The minimum absolute atomic E-state index is 0.194. The number of ketones is 1. The summed E-state index contributed by atoms with van der Waals surface area (Å²) in [5.74, 6) is -1.48. The van der Waals surface area contributed by atoms with E-state index in [4.69, 9.17) is 10.5 Å². The van der Waals surface area contributed by atoms with Gasteiger partial charge in [0.15, 0.2) is 0 Å². The fourth-order valence-electron chi connectivity index (χ4n) is 4.80. The van der Waals surface area contributed by atoms with E-state index in [2.05, 4.69) is 12.2 Å². The molecule has 1 amide bonds. The van der Waals surface area contributed by atoms with Crippen molar-refractivity contribution in [1.29, 1.82) is 0 Å².